The van der Waals surface area contributed by atoms with E-state index >= 15 is 0 Å². The standard InChI is InChI=1S/C5H10N4O/c1-3(10)4(6)5-7-2-8-9-5/h2-4,10H,6H2,1H3,(H,7,8,9). The van der Waals surface area contributed by atoms with Crippen molar-refractivity contribution in [2.24, 2.45) is 5.73 Å². The number of hydrogen-bond donors (Lipinski definition) is 3. The Labute approximate surface area is 58.3 Å². The summed E-state index contributed by atoms with van der Waals surface area (Å²) in [5, 5.41) is 15.2. The third kappa shape index (κ3) is 1.31. The maximum absolute atomic E-state index is 8.98. The zero-order valence-corrected chi connectivity index (χ0v) is 5.65. The molecular weight excluding hydrogens is 132 g/mol. The van der Waals surface area contributed by atoms with Gasteiger partial charge in [0.2, 0.25) is 0 Å². The molecule has 10 heavy (non-hydrogen) atoms. The molecule has 0 radical (unpaired) electrons. The highest BCUT2D eigenvalue weighted by molar-refractivity contribution is 4.91. The second-order valence-corrected chi connectivity index (χ2v) is 2.14. The van der Waals surface area contributed by atoms with Crippen LogP contribution in [0.2, 0.25) is 0 Å². The highest BCUT2D eigenvalue weighted by atomic mass is 16.3. The lowest BCUT2D eigenvalue weighted by Gasteiger charge is -2.09. The molecule has 5 heteroatoms. The second kappa shape index (κ2) is 2.76. The van der Waals surface area contributed by atoms with Crippen LogP contribution < -0.4 is 5.73 Å². The van der Waals surface area contributed by atoms with Crippen molar-refractivity contribution in [1.82, 2.24) is 15.2 Å². The van der Waals surface area contributed by atoms with Crippen LogP contribution in [0.3, 0.4) is 0 Å². The molecule has 5 nitrogen and oxygen atoms in total. The topological polar surface area (TPSA) is 87.8 Å². The molecule has 1 heterocycles. The van der Waals surface area contributed by atoms with Crippen molar-refractivity contribution >= 4 is 0 Å². The normalized spacial score (nSPS) is 16.7. The lowest BCUT2D eigenvalue weighted by molar-refractivity contribution is 0.161. The lowest BCUT2D eigenvalue weighted by Crippen LogP contribution is -2.24. The highest BCUT2D eigenvalue weighted by Crippen LogP contribution is 2.05. The molecule has 0 aromatic carbocycles. The van der Waals surface area contributed by atoms with Gasteiger partial charge in [-0.05, 0) is 6.92 Å². The van der Waals surface area contributed by atoms with Crippen LogP contribution in [0.1, 0.15) is 18.8 Å². The number of nitrogens with two attached hydrogens (primary N) is 1. The summed E-state index contributed by atoms with van der Waals surface area (Å²) >= 11 is 0. The second-order valence-electron chi connectivity index (χ2n) is 2.14. The summed E-state index contributed by atoms with van der Waals surface area (Å²) in [6.45, 7) is 1.60. The van der Waals surface area contributed by atoms with Gasteiger partial charge in [0.15, 0.2) is 0 Å². The van der Waals surface area contributed by atoms with Gasteiger partial charge in [-0.15, -0.1) is 0 Å². The van der Waals surface area contributed by atoms with Gasteiger partial charge in [-0.2, -0.15) is 5.10 Å². The molecule has 0 aliphatic heterocycles. The van der Waals surface area contributed by atoms with E-state index in [9.17, 15) is 0 Å². The molecule has 0 amide bonds. The molecule has 1 aromatic heterocycles. The number of hydrogen-bond acceptors (Lipinski definition) is 4. The average Bonchev–Trinajstić information content (AvgIpc) is 2.36. The van der Waals surface area contributed by atoms with Gasteiger partial charge in [-0.1, -0.05) is 0 Å². The SMILES string of the molecule is CC(O)C(N)c1ncn[nH]1. The Morgan fingerprint density at radius 1 is 1.80 bits per heavy atom. The first-order valence-electron chi connectivity index (χ1n) is 3.00. The number of nitrogens with zero attached hydrogens (tertiary/aromatic N) is 2. The lowest BCUT2D eigenvalue weighted by atomic mass is 10.2. The van der Waals surface area contributed by atoms with Crippen LogP contribution in [0, 0.1) is 0 Å². The number of aliphatic hydroxyl groups is 1. The monoisotopic (exact) mass is 142 g/mol. The van der Waals surface area contributed by atoms with Gasteiger partial charge in [0.05, 0.1) is 12.1 Å². The van der Waals surface area contributed by atoms with E-state index in [4.69, 9.17) is 10.8 Å². The molecular formula is C5H10N4O. The first kappa shape index (κ1) is 7.17. The predicted molar refractivity (Wildman–Crippen MR) is 35.0 cm³/mol. The van der Waals surface area contributed by atoms with Crippen LogP contribution in [0.4, 0.5) is 0 Å². The van der Waals surface area contributed by atoms with Gasteiger partial charge in [-0.25, -0.2) is 4.98 Å². The number of H-pyrrole nitrogens is 1. The predicted octanol–water partition coefficient (Wildman–Crippen LogP) is -0.815. The van der Waals surface area contributed by atoms with Crippen LogP contribution in [0.5, 0.6) is 0 Å². The molecule has 0 saturated carbocycles. The van der Waals surface area contributed by atoms with E-state index in [-0.39, 0.29) is 0 Å². The Hall–Kier alpha value is -0.940. The summed E-state index contributed by atoms with van der Waals surface area (Å²) in [6, 6.07) is -0.470. The van der Waals surface area contributed by atoms with Crippen molar-refractivity contribution in [2.75, 3.05) is 0 Å². The third-order valence-electron chi connectivity index (χ3n) is 1.27. The van der Waals surface area contributed by atoms with Crippen LogP contribution in [-0.2, 0) is 0 Å². The van der Waals surface area contributed by atoms with Crippen LogP contribution in [0.15, 0.2) is 6.33 Å². The molecule has 1 aromatic rings. The Bertz CT molecular complexity index is 184. The first-order chi connectivity index (χ1) is 4.72. The maximum atomic E-state index is 8.98. The number of aliphatic hydroxyl groups excluding tert-OH is 1. The van der Waals surface area contributed by atoms with Crippen molar-refractivity contribution in [3.8, 4) is 0 Å². The Morgan fingerprint density at radius 3 is 2.90 bits per heavy atom. The minimum absolute atomic E-state index is 0.470. The quantitative estimate of drug-likeness (QED) is 0.503. The van der Waals surface area contributed by atoms with Crippen LogP contribution in [0.25, 0.3) is 0 Å². The van der Waals surface area contributed by atoms with Crippen LogP contribution >= 0.6 is 0 Å². The van der Waals surface area contributed by atoms with Gasteiger partial charge < -0.3 is 10.8 Å². The minimum atomic E-state index is -0.604. The van der Waals surface area contributed by atoms with Crippen LogP contribution in [-0.4, -0.2) is 26.4 Å². The fourth-order valence-electron chi connectivity index (χ4n) is 0.604. The van der Waals surface area contributed by atoms with E-state index in [0.717, 1.165) is 0 Å². The zero-order valence-electron chi connectivity index (χ0n) is 5.65. The van der Waals surface area contributed by atoms with E-state index < -0.39 is 12.1 Å². The molecule has 0 bridgehead atoms. The summed E-state index contributed by atoms with van der Waals surface area (Å²) in [4.78, 5) is 3.79. The maximum Gasteiger partial charge on any atom is 0.143 e. The van der Waals surface area contributed by atoms with Gasteiger partial charge in [0.1, 0.15) is 12.2 Å². The van der Waals surface area contributed by atoms with Crippen molar-refractivity contribution < 1.29 is 5.11 Å². The largest absolute Gasteiger partial charge is 0.391 e. The fourth-order valence-corrected chi connectivity index (χ4v) is 0.604. The van der Waals surface area contributed by atoms with E-state index in [2.05, 4.69) is 15.2 Å². The molecule has 1 rings (SSSR count). The molecule has 0 aliphatic rings. The summed E-state index contributed by atoms with van der Waals surface area (Å²) in [5.74, 6) is 0.509. The summed E-state index contributed by atoms with van der Waals surface area (Å²) < 4.78 is 0. The number of aromatic nitrogens is 3. The number of rotatable bonds is 2. The Balaban J connectivity index is 2.68. The zero-order chi connectivity index (χ0) is 7.56. The van der Waals surface area contributed by atoms with E-state index in [0.29, 0.717) is 5.82 Å². The van der Waals surface area contributed by atoms with Gasteiger partial charge in [-0.3, -0.25) is 5.10 Å². The van der Waals surface area contributed by atoms with Crippen molar-refractivity contribution in [3.63, 3.8) is 0 Å². The molecule has 4 N–H and O–H groups in total. The molecule has 0 fully saturated rings. The minimum Gasteiger partial charge on any atom is -0.391 e. The number of aromatic amines is 1. The van der Waals surface area contributed by atoms with Crippen molar-refractivity contribution in [1.29, 1.82) is 0 Å². The van der Waals surface area contributed by atoms with Gasteiger partial charge in [0, 0.05) is 0 Å². The smallest absolute Gasteiger partial charge is 0.143 e. The molecule has 2 atom stereocenters. The van der Waals surface area contributed by atoms with Gasteiger partial charge in [0.25, 0.3) is 0 Å². The Kier molecular flexibility index (Phi) is 1.98. The average molecular weight is 142 g/mol. The highest BCUT2D eigenvalue weighted by Gasteiger charge is 2.13. The molecule has 0 aliphatic carbocycles. The fraction of sp³-hybridized carbons (Fsp3) is 0.600. The molecule has 0 saturated heterocycles. The summed E-state index contributed by atoms with van der Waals surface area (Å²) in [5.41, 5.74) is 5.50. The van der Waals surface area contributed by atoms with E-state index in [1.807, 2.05) is 0 Å². The molecule has 56 valence electrons. The molecule has 0 spiro atoms. The number of nitrogens with one attached hydrogen (secondary N) is 1. The van der Waals surface area contributed by atoms with Gasteiger partial charge >= 0.3 is 0 Å². The van der Waals surface area contributed by atoms with Crippen molar-refractivity contribution in [3.05, 3.63) is 12.2 Å². The van der Waals surface area contributed by atoms with E-state index in [1.54, 1.807) is 6.92 Å². The first-order valence-corrected chi connectivity index (χ1v) is 3.00. The Morgan fingerprint density at radius 2 is 2.50 bits per heavy atom. The van der Waals surface area contributed by atoms with E-state index in [1.165, 1.54) is 6.33 Å². The summed E-state index contributed by atoms with van der Waals surface area (Å²) in [6.07, 6.45) is 0.755. The third-order valence-corrected chi connectivity index (χ3v) is 1.27. The summed E-state index contributed by atoms with van der Waals surface area (Å²) in [7, 11) is 0. The van der Waals surface area contributed by atoms with Crippen molar-refractivity contribution in [2.45, 2.75) is 19.1 Å². The molecule has 2 unspecified atom stereocenters.